The molecule has 1 aliphatic carbocycles. The van der Waals surface area contributed by atoms with Crippen molar-refractivity contribution in [2.45, 2.75) is 77.4 Å². The van der Waals surface area contributed by atoms with Gasteiger partial charge in [0.25, 0.3) is 0 Å². The second-order valence-corrected chi connectivity index (χ2v) is 9.73. The van der Waals surface area contributed by atoms with Crippen LogP contribution in [0.2, 0.25) is 0 Å². The summed E-state index contributed by atoms with van der Waals surface area (Å²) in [6, 6.07) is 5.61. The van der Waals surface area contributed by atoms with Gasteiger partial charge in [-0.1, -0.05) is 20.8 Å². The number of esters is 1. The second-order valence-electron chi connectivity index (χ2n) is 9.73. The van der Waals surface area contributed by atoms with Crippen molar-refractivity contribution in [3.63, 3.8) is 0 Å². The summed E-state index contributed by atoms with van der Waals surface area (Å²) in [6.07, 6.45) is 7.21. The molecule has 1 aliphatic heterocycles. The van der Waals surface area contributed by atoms with Crippen molar-refractivity contribution in [3.8, 4) is 5.88 Å². The number of carbonyl (C=O) groups is 1. The molecule has 0 radical (unpaired) electrons. The monoisotopic (exact) mass is 446 g/mol. The van der Waals surface area contributed by atoms with Gasteiger partial charge in [0.05, 0.1) is 16.6 Å². The van der Waals surface area contributed by atoms with Crippen molar-refractivity contribution < 1.29 is 14.3 Å². The fourth-order valence-corrected chi connectivity index (χ4v) is 4.14. The number of pyridine rings is 3. The van der Waals surface area contributed by atoms with Gasteiger partial charge in [0.2, 0.25) is 5.88 Å². The maximum Gasteiger partial charge on any atom is 0.340 e. The number of carbonyl (C=O) groups excluding carboxylic acids is 1. The maximum atomic E-state index is 12.4. The molecule has 2 aliphatic rings. The minimum Gasteiger partial charge on any atom is -0.474 e. The third kappa shape index (κ3) is 4.01. The number of aromatic nitrogens is 3. The molecule has 3 aromatic heterocycles. The summed E-state index contributed by atoms with van der Waals surface area (Å²) >= 11 is 0. The van der Waals surface area contributed by atoms with Crippen molar-refractivity contribution in [3.05, 3.63) is 47.4 Å². The van der Waals surface area contributed by atoms with Gasteiger partial charge in [-0.2, -0.15) is 0 Å². The first-order chi connectivity index (χ1) is 15.8. The summed E-state index contributed by atoms with van der Waals surface area (Å²) in [5.41, 5.74) is 1.84. The first-order valence-corrected chi connectivity index (χ1v) is 11.7. The number of cyclic esters (lactones) is 1. The Bertz CT molecular complexity index is 1240. The molecule has 172 valence electrons. The van der Waals surface area contributed by atoms with Crippen LogP contribution >= 0.6 is 0 Å². The van der Waals surface area contributed by atoms with E-state index in [0.717, 1.165) is 35.7 Å². The molecule has 3 aromatic rings. The summed E-state index contributed by atoms with van der Waals surface area (Å²) < 4.78 is 11.6. The summed E-state index contributed by atoms with van der Waals surface area (Å²) in [5.74, 6) is 1.99. The fourth-order valence-electron chi connectivity index (χ4n) is 4.14. The molecule has 1 N–H and O–H groups in total. The fraction of sp³-hybridized carbons (Fsp3) is 0.462. The van der Waals surface area contributed by atoms with E-state index in [1.807, 2.05) is 39.2 Å². The van der Waals surface area contributed by atoms with E-state index in [1.54, 1.807) is 12.1 Å². The number of hydrogen-bond donors (Lipinski definition) is 1. The average Bonchev–Trinajstić information content (AvgIpc) is 3.61. The van der Waals surface area contributed by atoms with E-state index in [4.69, 9.17) is 14.5 Å². The van der Waals surface area contributed by atoms with E-state index in [9.17, 15) is 4.79 Å². The van der Waals surface area contributed by atoms with Crippen molar-refractivity contribution in [1.29, 1.82) is 0 Å². The molecule has 0 bridgehead atoms. The van der Waals surface area contributed by atoms with E-state index in [1.165, 1.54) is 5.56 Å². The third-order valence-corrected chi connectivity index (χ3v) is 6.92. The van der Waals surface area contributed by atoms with Gasteiger partial charge in [-0.05, 0) is 68.2 Å². The molecule has 33 heavy (non-hydrogen) atoms. The topological polar surface area (TPSA) is 86.2 Å². The van der Waals surface area contributed by atoms with Crippen LogP contribution < -0.4 is 10.1 Å². The highest BCUT2D eigenvalue weighted by Crippen LogP contribution is 2.39. The molecule has 5 rings (SSSR count). The van der Waals surface area contributed by atoms with Crippen LogP contribution in [-0.2, 0) is 4.74 Å². The van der Waals surface area contributed by atoms with E-state index in [0.29, 0.717) is 29.0 Å². The van der Waals surface area contributed by atoms with Gasteiger partial charge in [0, 0.05) is 18.3 Å². The predicted octanol–water partition coefficient (Wildman–Crippen LogP) is 5.88. The van der Waals surface area contributed by atoms with Crippen LogP contribution in [0.4, 0.5) is 11.6 Å². The van der Waals surface area contributed by atoms with Crippen LogP contribution in [-0.4, -0.2) is 32.6 Å². The normalized spacial score (nSPS) is 20.2. The van der Waals surface area contributed by atoms with Crippen LogP contribution in [0.1, 0.15) is 87.3 Å². The lowest BCUT2D eigenvalue weighted by Gasteiger charge is -2.36. The van der Waals surface area contributed by atoms with Gasteiger partial charge >= 0.3 is 5.97 Å². The van der Waals surface area contributed by atoms with Gasteiger partial charge in [0.15, 0.2) is 0 Å². The molecule has 2 unspecified atom stereocenters. The van der Waals surface area contributed by atoms with Crippen LogP contribution in [0.25, 0.3) is 10.8 Å². The number of hydrogen-bond acceptors (Lipinski definition) is 7. The number of anilines is 2. The maximum absolute atomic E-state index is 12.4. The van der Waals surface area contributed by atoms with E-state index in [2.05, 4.69) is 29.1 Å². The van der Waals surface area contributed by atoms with Crippen molar-refractivity contribution >= 4 is 28.4 Å². The lowest BCUT2D eigenvalue weighted by atomic mass is 9.84. The zero-order chi connectivity index (χ0) is 23.3. The average molecular weight is 447 g/mol. The Balaban J connectivity index is 1.52. The van der Waals surface area contributed by atoms with Crippen LogP contribution in [0, 0.1) is 0 Å². The number of nitrogens with zero attached hydrogens (tertiary/aromatic N) is 3. The number of fused-ring (bicyclic) bond motifs is 2. The van der Waals surface area contributed by atoms with Crippen LogP contribution in [0.15, 0.2) is 30.6 Å². The Morgan fingerprint density at radius 2 is 1.97 bits per heavy atom. The molecule has 2 atom stereocenters. The molecule has 7 heteroatoms. The molecular formula is C26H30N4O3. The molecule has 7 nitrogen and oxygen atoms in total. The largest absolute Gasteiger partial charge is 0.474 e. The molecule has 1 fully saturated rings. The van der Waals surface area contributed by atoms with Gasteiger partial charge in [0.1, 0.15) is 23.3 Å². The molecular weight excluding hydrogens is 416 g/mol. The number of nitrogens with one attached hydrogen (secondary N) is 1. The molecule has 0 spiro atoms. The molecule has 0 amide bonds. The number of rotatable bonds is 6. The first-order valence-electron chi connectivity index (χ1n) is 11.7. The highest BCUT2D eigenvalue weighted by Gasteiger charge is 2.40. The SMILES string of the molecule is CCC(C)c1cnc(OC2CC2)c2cnc(Nc3ccc4c(n3)C(C)C(C)(C)OC4=O)cc12. The van der Waals surface area contributed by atoms with Crippen molar-refractivity contribution in [2.75, 3.05) is 5.32 Å². The Morgan fingerprint density at radius 1 is 1.18 bits per heavy atom. The standard InChI is InChI=1S/C26H30N4O3/c1-6-14(2)19-12-28-24(32-16-7-8-16)20-13-27-22(11-18(19)20)29-21-10-9-17-23(30-21)15(3)26(4,5)33-25(17)31/h9-16H,6-8H2,1-5H3,(H,27,29,30). The summed E-state index contributed by atoms with van der Waals surface area (Å²) in [7, 11) is 0. The third-order valence-electron chi connectivity index (χ3n) is 6.92. The van der Waals surface area contributed by atoms with E-state index >= 15 is 0 Å². The van der Waals surface area contributed by atoms with Crippen LogP contribution in [0.3, 0.4) is 0 Å². The highest BCUT2D eigenvalue weighted by atomic mass is 16.6. The lowest BCUT2D eigenvalue weighted by molar-refractivity contribution is -0.0189. The van der Waals surface area contributed by atoms with Crippen molar-refractivity contribution in [1.82, 2.24) is 15.0 Å². The summed E-state index contributed by atoms with van der Waals surface area (Å²) in [6.45, 7) is 10.2. The summed E-state index contributed by atoms with van der Waals surface area (Å²) in [5, 5.41) is 5.35. The summed E-state index contributed by atoms with van der Waals surface area (Å²) in [4.78, 5) is 26.4. The molecule has 4 heterocycles. The zero-order valence-electron chi connectivity index (χ0n) is 19.8. The van der Waals surface area contributed by atoms with Gasteiger partial charge in [-0.15, -0.1) is 0 Å². The molecule has 1 saturated carbocycles. The Hall–Kier alpha value is -3.22. The Labute approximate surface area is 194 Å². The van der Waals surface area contributed by atoms with Crippen molar-refractivity contribution in [2.24, 2.45) is 0 Å². The molecule has 0 aromatic carbocycles. The number of ether oxygens (including phenoxy) is 2. The Kier molecular flexibility index (Phi) is 5.22. The van der Waals surface area contributed by atoms with Crippen LogP contribution in [0.5, 0.6) is 5.88 Å². The van der Waals surface area contributed by atoms with Gasteiger partial charge in [-0.3, -0.25) is 0 Å². The quantitative estimate of drug-likeness (QED) is 0.473. The van der Waals surface area contributed by atoms with Gasteiger partial charge in [-0.25, -0.2) is 19.7 Å². The highest BCUT2D eigenvalue weighted by molar-refractivity contribution is 5.93. The smallest absolute Gasteiger partial charge is 0.340 e. The molecule has 0 saturated heterocycles. The lowest BCUT2D eigenvalue weighted by Crippen LogP contribution is -2.39. The predicted molar refractivity (Wildman–Crippen MR) is 127 cm³/mol. The second kappa shape index (κ2) is 7.97. The first kappa shape index (κ1) is 21.6. The van der Waals surface area contributed by atoms with E-state index < -0.39 is 5.60 Å². The minimum absolute atomic E-state index is 0.0262. The van der Waals surface area contributed by atoms with E-state index in [-0.39, 0.29) is 18.0 Å². The zero-order valence-corrected chi connectivity index (χ0v) is 19.8. The minimum atomic E-state index is -0.604. The van der Waals surface area contributed by atoms with Gasteiger partial charge < -0.3 is 14.8 Å². The Morgan fingerprint density at radius 3 is 2.70 bits per heavy atom.